The van der Waals surface area contributed by atoms with Crippen molar-refractivity contribution in [1.29, 1.82) is 0 Å². The fourth-order valence-corrected chi connectivity index (χ4v) is 2.78. The molecule has 2 rings (SSSR count). The number of ether oxygens (including phenoxy) is 1. The molecule has 0 bridgehead atoms. The van der Waals surface area contributed by atoms with Crippen LogP contribution in [-0.4, -0.2) is 22.9 Å². The molecule has 0 aliphatic heterocycles. The van der Waals surface area contributed by atoms with Crippen molar-refractivity contribution in [2.45, 2.75) is 64.3 Å². The maximum absolute atomic E-state index is 9.91. The lowest BCUT2D eigenvalue weighted by Gasteiger charge is -2.23. The Labute approximate surface area is 129 Å². The summed E-state index contributed by atoms with van der Waals surface area (Å²) in [6, 6.07) is 6.04. The molecule has 1 aliphatic rings. The van der Waals surface area contributed by atoms with E-state index in [-0.39, 0.29) is 17.7 Å². The molecular formula is C16H24BrNO2. The highest BCUT2D eigenvalue weighted by Gasteiger charge is 2.27. The Morgan fingerprint density at radius 3 is 2.70 bits per heavy atom. The summed E-state index contributed by atoms with van der Waals surface area (Å²) in [6.07, 6.45) is 2.42. The minimum atomic E-state index is -0.331. The largest absolute Gasteiger partial charge is 0.487 e. The van der Waals surface area contributed by atoms with E-state index in [4.69, 9.17) is 4.74 Å². The molecule has 1 aromatic rings. The van der Waals surface area contributed by atoms with E-state index < -0.39 is 0 Å². The number of nitrogens with one attached hydrogen (secondary N) is 1. The van der Waals surface area contributed by atoms with Crippen LogP contribution in [0.4, 0.5) is 0 Å². The van der Waals surface area contributed by atoms with E-state index in [0.29, 0.717) is 0 Å². The summed E-state index contributed by atoms with van der Waals surface area (Å²) in [4.78, 5) is 0. The zero-order chi connectivity index (χ0) is 14.8. The molecule has 0 heterocycles. The lowest BCUT2D eigenvalue weighted by atomic mass is 10.1. The molecule has 0 radical (unpaired) electrons. The maximum Gasteiger partial charge on any atom is 0.124 e. The molecule has 3 nitrogen and oxygen atoms in total. The highest BCUT2D eigenvalue weighted by atomic mass is 79.9. The molecule has 2 N–H and O–H groups in total. The number of hydrogen-bond donors (Lipinski definition) is 2. The van der Waals surface area contributed by atoms with Gasteiger partial charge in [0.1, 0.15) is 11.9 Å². The fourth-order valence-electron chi connectivity index (χ4n) is 2.37. The summed E-state index contributed by atoms with van der Waals surface area (Å²) in [5, 5.41) is 13.4. The van der Waals surface area contributed by atoms with Crippen molar-refractivity contribution >= 4 is 15.9 Å². The lowest BCUT2D eigenvalue weighted by Crippen LogP contribution is -2.35. The first kappa shape index (κ1) is 15.8. The standard InChI is InChI=1S/C16H24BrNO2/c1-16(2,3)18-10-11-9-12(17)7-8-14(11)20-15-6-4-5-13(15)19/h7-9,13,15,18-19H,4-6,10H2,1-3H3. The molecular weight excluding hydrogens is 318 g/mol. The van der Waals surface area contributed by atoms with Crippen molar-refractivity contribution in [2.24, 2.45) is 0 Å². The first-order valence-corrected chi connectivity index (χ1v) is 8.02. The number of aliphatic hydroxyl groups is 1. The quantitative estimate of drug-likeness (QED) is 0.878. The third-order valence-corrected chi connectivity index (χ3v) is 4.02. The van der Waals surface area contributed by atoms with E-state index >= 15 is 0 Å². The number of rotatable bonds is 4. The summed E-state index contributed by atoms with van der Waals surface area (Å²) in [5.74, 6) is 0.871. The number of aliphatic hydroxyl groups excluding tert-OH is 1. The van der Waals surface area contributed by atoms with Gasteiger partial charge in [0.25, 0.3) is 0 Å². The topological polar surface area (TPSA) is 41.5 Å². The second-order valence-electron chi connectivity index (χ2n) is 6.51. The lowest BCUT2D eigenvalue weighted by molar-refractivity contribution is 0.0596. The van der Waals surface area contributed by atoms with Crippen LogP contribution in [0, 0.1) is 0 Å². The van der Waals surface area contributed by atoms with Gasteiger partial charge in [-0.1, -0.05) is 15.9 Å². The predicted octanol–water partition coefficient (Wildman–Crippen LogP) is 3.63. The van der Waals surface area contributed by atoms with Crippen molar-refractivity contribution in [1.82, 2.24) is 5.32 Å². The Morgan fingerprint density at radius 1 is 1.35 bits per heavy atom. The van der Waals surface area contributed by atoms with E-state index in [2.05, 4.69) is 48.1 Å². The molecule has 20 heavy (non-hydrogen) atoms. The first-order chi connectivity index (χ1) is 9.35. The van der Waals surface area contributed by atoms with Crippen LogP contribution < -0.4 is 10.1 Å². The van der Waals surface area contributed by atoms with Crippen molar-refractivity contribution in [3.05, 3.63) is 28.2 Å². The smallest absolute Gasteiger partial charge is 0.124 e. The van der Waals surface area contributed by atoms with Gasteiger partial charge in [-0.3, -0.25) is 0 Å². The van der Waals surface area contributed by atoms with Crippen LogP contribution >= 0.6 is 15.9 Å². The number of benzene rings is 1. The van der Waals surface area contributed by atoms with Crippen LogP contribution in [0.2, 0.25) is 0 Å². The molecule has 1 fully saturated rings. The van der Waals surface area contributed by atoms with Crippen LogP contribution in [0.5, 0.6) is 5.75 Å². The Hall–Kier alpha value is -0.580. The number of halogens is 1. The van der Waals surface area contributed by atoms with E-state index in [1.165, 1.54) is 0 Å². The van der Waals surface area contributed by atoms with E-state index in [9.17, 15) is 5.11 Å². The van der Waals surface area contributed by atoms with Crippen molar-refractivity contribution < 1.29 is 9.84 Å². The Kier molecular flexibility index (Phi) is 5.10. The highest BCUT2D eigenvalue weighted by molar-refractivity contribution is 9.10. The molecule has 0 amide bonds. The van der Waals surface area contributed by atoms with Crippen LogP contribution in [0.3, 0.4) is 0 Å². The van der Waals surface area contributed by atoms with Crippen LogP contribution in [0.1, 0.15) is 45.6 Å². The number of hydrogen-bond acceptors (Lipinski definition) is 3. The predicted molar refractivity (Wildman–Crippen MR) is 85.0 cm³/mol. The van der Waals surface area contributed by atoms with Gasteiger partial charge in [-0.2, -0.15) is 0 Å². The second-order valence-corrected chi connectivity index (χ2v) is 7.43. The van der Waals surface area contributed by atoms with Gasteiger partial charge in [-0.15, -0.1) is 0 Å². The normalized spacial score (nSPS) is 23.1. The fraction of sp³-hybridized carbons (Fsp3) is 0.625. The van der Waals surface area contributed by atoms with Gasteiger partial charge in [-0.25, -0.2) is 0 Å². The van der Waals surface area contributed by atoms with Crippen LogP contribution in [0.25, 0.3) is 0 Å². The summed E-state index contributed by atoms with van der Waals surface area (Å²) >= 11 is 3.51. The third kappa shape index (κ3) is 4.47. The van der Waals surface area contributed by atoms with Crippen LogP contribution in [-0.2, 0) is 6.54 Å². The first-order valence-electron chi connectivity index (χ1n) is 7.23. The maximum atomic E-state index is 9.91. The van der Waals surface area contributed by atoms with Gasteiger partial charge in [0.2, 0.25) is 0 Å². The zero-order valence-corrected chi connectivity index (χ0v) is 14.0. The zero-order valence-electron chi connectivity index (χ0n) is 12.4. The minimum absolute atomic E-state index is 0.0620. The average Bonchev–Trinajstić information content (AvgIpc) is 2.74. The molecule has 112 valence electrons. The van der Waals surface area contributed by atoms with E-state index in [0.717, 1.165) is 41.6 Å². The molecule has 0 saturated heterocycles. The van der Waals surface area contributed by atoms with Crippen molar-refractivity contribution in [3.63, 3.8) is 0 Å². The van der Waals surface area contributed by atoms with E-state index in [1.807, 2.05) is 12.1 Å². The molecule has 1 aromatic carbocycles. The average molecular weight is 342 g/mol. The molecule has 2 unspecified atom stereocenters. The van der Waals surface area contributed by atoms with Gasteiger partial charge < -0.3 is 15.2 Å². The monoisotopic (exact) mass is 341 g/mol. The Bertz CT molecular complexity index is 456. The summed E-state index contributed by atoms with van der Waals surface area (Å²) in [6.45, 7) is 7.19. The van der Waals surface area contributed by atoms with E-state index in [1.54, 1.807) is 0 Å². The Balaban J connectivity index is 2.10. The van der Waals surface area contributed by atoms with Crippen molar-refractivity contribution in [2.75, 3.05) is 0 Å². The molecule has 1 aliphatic carbocycles. The molecule has 4 heteroatoms. The highest BCUT2D eigenvalue weighted by Crippen LogP contribution is 2.29. The molecule has 2 atom stereocenters. The minimum Gasteiger partial charge on any atom is -0.487 e. The SMILES string of the molecule is CC(C)(C)NCc1cc(Br)ccc1OC1CCCC1O. The molecule has 1 saturated carbocycles. The summed E-state index contributed by atoms with van der Waals surface area (Å²) < 4.78 is 7.07. The summed E-state index contributed by atoms with van der Waals surface area (Å²) in [5.41, 5.74) is 1.18. The van der Waals surface area contributed by atoms with Gasteiger partial charge in [0.05, 0.1) is 6.10 Å². The molecule has 0 spiro atoms. The van der Waals surface area contributed by atoms with Gasteiger partial charge in [0, 0.05) is 22.1 Å². The van der Waals surface area contributed by atoms with Gasteiger partial charge in [-0.05, 0) is 58.2 Å². The van der Waals surface area contributed by atoms with Crippen LogP contribution in [0.15, 0.2) is 22.7 Å². The second kappa shape index (κ2) is 6.46. The third-order valence-electron chi connectivity index (χ3n) is 3.53. The van der Waals surface area contributed by atoms with Gasteiger partial charge >= 0.3 is 0 Å². The van der Waals surface area contributed by atoms with Crippen molar-refractivity contribution in [3.8, 4) is 5.75 Å². The summed E-state index contributed by atoms with van der Waals surface area (Å²) in [7, 11) is 0. The van der Waals surface area contributed by atoms with Gasteiger partial charge in [0.15, 0.2) is 0 Å². The molecule has 0 aromatic heterocycles. The Morgan fingerprint density at radius 2 is 2.10 bits per heavy atom.